The average molecular weight is 365 g/mol. The number of anilines is 2. The van der Waals surface area contributed by atoms with Gasteiger partial charge < -0.3 is 20.7 Å². The van der Waals surface area contributed by atoms with Crippen LogP contribution in [0.15, 0.2) is 60.9 Å². The predicted octanol–water partition coefficient (Wildman–Crippen LogP) is 2.99. The van der Waals surface area contributed by atoms with Crippen LogP contribution in [0.25, 0.3) is 0 Å². The van der Waals surface area contributed by atoms with Crippen LogP contribution in [0.4, 0.5) is 16.2 Å². The summed E-state index contributed by atoms with van der Waals surface area (Å²) in [5, 5.41) is 14.7. The minimum Gasteiger partial charge on any atom is -0.497 e. The van der Waals surface area contributed by atoms with Crippen molar-refractivity contribution < 1.29 is 14.3 Å². The standard InChI is InChI=1S/C19H19N5O3/c1-27-17-8-6-15(7-9-17)23-18(25)14-2-4-16(5-3-14)24-19(26)20-10-13-11-21-22-12-13/h2-9,11-12H,10H2,1H3,(H,21,22)(H,23,25)(H2,20,24,26). The van der Waals surface area contributed by atoms with E-state index < -0.39 is 0 Å². The summed E-state index contributed by atoms with van der Waals surface area (Å²) in [6.07, 6.45) is 3.34. The molecule has 3 amide bonds. The lowest BCUT2D eigenvalue weighted by Gasteiger charge is -2.09. The van der Waals surface area contributed by atoms with Crippen molar-refractivity contribution in [1.82, 2.24) is 15.5 Å². The first-order chi connectivity index (χ1) is 13.1. The topological polar surface area (TPSA) is 108 Å². The molecule has 8 nitrogen and oxygen atoms in total. The lowest BCUT2D eigenvalue weighted by atomic mass is 10.2. The lowest BCUT2D eigenvalue weighted by molar-refractivity contribution is 0.102. The van der Waals surface area contributed by atoms with Gasteiger partial charge in [-0.3, -0.25) is 9.89 Å². The summed E-state index contributed by atoms with van der Waals surface area (Å²) in [4.78, 5) is 24.2. The number of H-pyrrole nitrogens is 1. The Morgan fingerprint density at radius 3 is 2.30 bits per heavy atom. The van der Waals surface area contributed by atoms with E-state index in [0.29, 0.717) is 23.5 Å². The molecule has 0 aliphatic carbocycles. The van der Waals surface area contributed by atoms with Crippen LogP contribution >= 0.6 is 0 Å². The number of aromatic nitrogens is 2. The van der Waals surface area contributed by atoms with Crippen molar-refractivity contribution in [1.29, 1.82) is 0 Å². The summed E-state index contributed by atoms with van der Waals surface area (Å²) < 4.78 is 5.08. The van der Waals surface area contributed by atoms with Gasteiger partial charge in [-0.15, -0.1) is 0 Å². The van der Waals surface area contributed by atoms with E-state index in [-0.39, 0.29) is 11.9 Å². The van der Waals surface area contributed by atoms with Gasteiger partial charge in [0, 0.05) is 35.2 Å². The molecule has 0 aliphatic heterocycles. The summed E-state index contributed by atoms with van der Waals surface area (Å²) in [5.41, 5.74) is 2.60. The smallest absolute Gasteiger partial charge is 0.319 e. The Balaban J connectivity index is 1.52. The number of nitrogens with one attached hydrogen (secondary N) is 4. The molecule has 0 radical (unpaired) electrons. The molecule has 8 heteroatoms. The van der Waals surface area contributed by atoms with Crippen LogP contribution in [-0.4, -0.2) is 29.2 Å². The molecular formula is C19H19N5O3. The number of nitrogens with zero attached hydrogens (tertiary/aromatic N) is 1. The molecular weight excluding hydrogens is 346 g/mol. The van der Waals surface area contributed by atoms with Crippen LogP contribution in [0.2, 0.25) is 0 Å². The molecule has 0 spiro atoms. The van der Waals surface area contributed by atoms with Crippen molar-refractivity contribution in [2.45, 2.75) is 6.54 Å². The van der Waals surface area contributed by atoms with Gasteiger partial charge in [-0.2, -0.15) is 5.10 Å². The quantitative estimate of drug-likeness (QED) is 0.538. The highest BCUT2D eigenvalue weighted by molar-refractivity contribution is 6.04. The van der Waals surface area contributed by atoms with Gasteiger partial charge in [0.1, 0.15) is 5.75 Å². The number of urea groups is 1. The number of methoxy groups -OCH3 is 1. The Bertz CT molecular complexity index is 890. The molecule has 1 heterocycles. The maximum atomic E-state index is 12.3. The Hall–Kier alpha value is -3.81. The normalized spacial score (nSPS) is 10.1. The maximum absolute atomic E-state index is 12.3. The van der Waals surface area contributed by atoms with Crippen LogP contribution < -0.4 is 20.7 Å². The molecule has 0 saturated carbocycles. The van der Waals surface area contributed by atoms with E-state index in [2.05, 4.69) is 26.1 Å². The predicted molar refractivity (Wildman–Crippen MR) is 102 cm³/mol. The Morgan fingerprint density at radius 2 is 1.67 bits per heavy atom. The Morgan fingerprint density at radius 1 is 1.00 bits per heavy atom. The van der Waals surface area contributed by atoms with Crippen LogP contribution in [0.1, 0.15) is 15.9 Å². The number of amides is 3. The van der Waals surface area contributed by atoms with Crippen LogP contribution in [0.3, 0.4) is 0 Å². The van der Waals surface area contributed by atoms with E-state index in [4.69, 9.17) is 4.74 Å². The molecule has 138 valence electrons. The summed E-state index contributed by atoms with van der Waals surface area (Å²) >= 11 is 0. The molecule has 0 aliphatic rings. The van der Waals surface area contributed by atoms with E-state index in [0.717, 1.165) is 11.3 Å². The minimum absolute atomic E-state index is 0.240. The molecule has 1 aromatic heterocycles. The van der Waals surface area contributed by atoms with Gasteiger partial charge in [0.15, 0.2) is 0 Å². The second kappa shape index (κ2) is 8.52. The number of hydrogen-bond donors (Lipinski definition) is 4. The monoisotopic (exact) mass is 365 g/mol. The van der Waals surface area contributed by atoms with E-state index in [1.165, 1.54) is 0 Å². The summed E-state index contributed by atoms with van der Waals surface area (Å²) in [7, 11) is 1.58. The zero-order valence-electron chi connectivity index (χ0n) is 14.7. The van der Waals surface area contributed by atoms with Gasteiger partial charge in [-0.1, -0.05) is 0 Å². The zero-order valence-corrected chi connectivity index (χ0v) is 14.7. The summed E-state index contributed by atoms with van der Waals surface area (Å²) in [6.45, 7) is 0.366. The molecule has 3 rings (SSSR count). The summed E-state index contributed by atoms with van der Waals surface area (Å²) in [6, 6.07) is 13.3. The van der Waals surface area contributed by atoms with Crippen molar-refractivity contribution >= 4 is 23.3 Å². The van der Waals surface area contributed by atoms with Gasteiger partial charge in [0.05, 0.1) is 13.3 Å². The second-order valence-corrected chi connectivity index (χ2v) is 5.67. The van der Waals surface area contributed by atoms with Gasteiger partial charge in [-0.25, -0.2) is 4.79 Å². The Labute approximate surface area is 155 Å². The number of rotatable bonds is 6. The fraction of sp³-hybridized carbons (Fsp3) is 0.105. The van der Waals surface area contributed by atoms with Gasteiger partial charge in [-0.05, 0) is 48.5 Å². The number of aromatic amines is 1. The van der Waals surface area contributed by atoms with Crippen molar-refractivity contribution in [2.75, 3.05) is 17.7 Å². The van der Waals surface area contributed by atoms with Crippen molar-refractivity contribution in [2.24, 2.45) is 0 Å². The van der Waals surface area contributed by atoms with Crippen LogP contribution in [-0.2, 0) is 6.54 Å². The number of carbonyl (C=O) groups excluding carboxylic acids is 2. The van der Waals surface area contributed by atoms with Crippen LogP contribution in [0, 0.1) is 0 Å². The zero-order chi connectivity index (χ0) is 19.1. The molecule has 0 saturated heterocycles. The fourth-order valence-electron chi connectivity index (χ4n) is 2.31. The first-order valence-corrected chi connectivity index (χ1v) is 8.22. The molecule has 0 atom stereocenters. The molecule has 3 aromatic rings. The first-order valence-electron chi connectivity index (χ1n) is 8.22. The molecule has 0 unspecified atom stereocenters. The van der Waals surface area contributed by atoms with Crippen LogP contribution in [0.5, 0.6) is 5.75 Å². The Kier molecular flexibility index (Phi) is 5.68. The molecule has 2 aromatic carbocycles. The number of benzene rings is 2. The third kappa shape index (κ3) is 5.08. The lowest BCUT2D eigenvalue weighted by Crippen LogP contribution is -2.28. The fourth-order valence-corrected chi connectivity index (χ4v) is 2.31. The second-order valence-electron chi connectivity index (χ2n) is 5.67. The SMILES string of the molecule is COc1ccc(NC(=O)c2ccc(NC(=O)NCc3cn[nH]c3)cc2)cc1. The van der Waals surface area contributed by atoms with Gasteiger partial charge in [0.25, 0.3) is 5.91 Å². The third-order valence-electron chi connectivity index (χ3n) is 3.76. The highest BCUT2D eigenvalue weighted by atomic mass is 16.5. The average Bonchev–Trinajstić information content (AvgIpc) is 3.21. The first kappa shape index (κ1) is 18.0. The molecule has 27 heavy (non-hydrogen) atoms. The third-order valence-corrected chi connectivity index (χ3v) is 3.76. The van der Waals surface area contributed by atoms with E-state index in [1.807, 2.05) is 0 Å². The van der Waals surface area contributed by atoms with Gasteiger partial charge in [0.2, 0.25) is 0 Å². The number of ether oxygens (including phenoxy) is 1. The van der Waals surface area contributed by atoms with Gasteiger partial charge >= 0.3 is 6.03 Å². The van der Waals surface area contributed by atoms with E-state index in [9.17, 15) is 9.59 Å². The van der Waals surface area contributed by atoms with E-state index in [1.54, 1.807) is 68.0 Å². The molecule has 0 fully saturated rings. The van der Waals surface area contributed by atoms with Crippen molar-refractivity contribution in [3.8, 4) is 5.75 Å². The highest BCUT2D eigenvalue weighted by Crippen LogP contribution is 2.16. The minimum atomic E-state index is -0.341. The largest absolute Gasteiger partial charge is 0.497 e. The molecule has 4 N–H and O–H groups in total. The van der Waals surface area contributed by atoms with Crippen molar-refractivity contribution in [3.05, 3.63) is 72.1 Å². The highest BCUT2D eigenvalue weighted by Gasteiger charge is 2.07. The van der Waals surface area contributed by atoms with E-state index >= 15 is 0 Å². The molecule has 0 bridgehead atoms. The van der Waals surface area contributed by atoms with Crippen molar-refractivity contribution in [3.63, 3.8) is 0 Å². The number of carbonyl (C=O) groups is 2. The maximum Gasteiger partial charge on any atom is 0.319 e. The summed E-state index contributed by atoms with van der Waals surface area (Å²) in [5.74, 6) is 0.477. The number of hydrogen-bond acceptors (Lipinski definition) is 4.